The first kappa shape index (κ1) is 7.56. The van der Waals surface area contributed by atoms with Crippen molar-refractivity contribution in [2.45, 2.75) is 44.8 Å². The Bertz CT molecular complexity index is 156. The van der Waals surface area contributed by atoms with Gasteiger partial charge in [0.15, 0.2) is 0 Å². The van der Waals surface area contributed by atoms with Crippen LogP contribution >= 0.6 is 0 Å². The van der Waals surface area contributed by atoms with Gasteiger partial charge in [-0.1, -0.05) is 6.42 Å². The van der Waals surface area contributed by atoms with Crippen molar-refractivity contribution in [2.75, 3.05) is 13.3 Å². The van der Waals surface area contributed by atoms with Crippen molar-refractivity contribution >= 4 is 0 Å². The van der Waals surface area contributed by atoms with Gasteiger partial charge in [0.1, 0.15) is 6.73 Å². The van der Waals surface area contributed by atoms with Gasteiger partial charge in [-0.15, -0.1) is 0 Å². The Labute approximate surface area is 68.5 Å². The molecule has 0 spiro atoms. The van der Waals surface area contributed by atoms with Gasteiger partial charge in [0.05, 0.1) is 5.60 Å². The number of fused-ring (bicyclic) bond motifs is 1. The Morgan fingerprint density at radius 2 is 2.18 bits per heavy atom. The Balaban J connectivity index is 2.10. The van der Waals surface area contributed by atoms with Gasteiger partial charge in [-0.2, -0.15) is 0 Å². The SMILES string of the molecule is CC1(C)OCN2CCCCC21. The van der Waals surface area contributed by atoms with E-state index in [2.05, 4.69) is 18.7 Å². The summed E-state index contributed by atoms with van der Waals surface area (Å²) in [6.07, 6.45) is 4.07. The molecule has 2 aliphatic heterocycles. The first-order chi connectivity index (χ1) is 5.20. The van der Waals surface area contributed by atoms with Crippen LogP contribution in [0.5, 0.6) is 0 Å². The minimum atomic E-state index is 0.112. The first-order valence-corrected chi connectivity index (χ1v) is 4.58. The smallest absolute Gasteiger partial charge is 0.100 e. The molecular formula is C9H17NO. The number of hydrogen-bond acceptors (Lipinski definition) is 2. The summed E-state index contributed by atoms with van der Waals surface area (Å²) in [5.41, 5.74) is 0.112. The summed E-state index contributed by atoms with van der Waals surface area (Å²) >= 11 is 0. The van der Waals surface area contributed by atoms with Crippen molar-refractivity contribution < 1.29 is 4.74 Å². The van der Waals surface area contributed by atoms with Crippen molar-refractivity contribution in [2.24, 2.45) is 0 Å². The second kappa shape index (κ2) is 2.46. The second-order valence-corrected chi connectivity index (χ2v) is 4.20. The maximum absolute atomic E-state index is 5.71. The van der Waals surface area contributed by atoms with Crippen molar-refractivity contribution in [3.8, 4) is 0 Å². The summed E-state index contributed by atoms with van der Waals surface area (Å²) in [7, 11) is 0. The van der Waals surface area contributed by atoms with Gasteiger partial charge in [0.25, 0.3) is 0 Å². The van der Waals surface area contributed by atoms with E-state index in [-0.39, 0.29) is 5.60 Å². The summed E-state index contributed by atoms with van der Waals surface area (Å²) < 4.78 is 5.71. The fourth-order valence-electron chi connectivity index (χ4n) is 2.28. The monoisotopic (exact) mass is 155 g/mol. The Hall–Kier alpha value is -0.0800. The molecule has 1 unspecified atom stereocenters. The van der Waals surface area contributed by atoms with E-state index in [1.165, 1.54) is 25.8 Å². The molecule has 2 heterocycles. The molecule has 0 bridgehead atoms. The van der Waals surface area contributed by atoms with E-state index >= 15 is 0 Å². The van der Waals surface area contributed by atoms with Crippen molar-refractivity contribution in [3.05, 3.63) is 0 Å². The molecule has 2 aliphatic rings. The first-order valence-electron chi connectivity index (χ1n) is 4.58. The van der Waals surface area contributed by atoms with Crippen LogP contribution in [-0.2, 0) is 4.74 Å². The van der Waals surface area contributed by atoms with Gasteiger partial charge in [0.2, 0.25) is 0 Å². The van der Waals surface area contributed by atoms with E-state index in [1.807, 2.05) is 0 Å². The molecule has 0 aromatic rings. The van der Waals surface area contributed by atoms with Crippen LogP contribution in [0.3, 0.4) is 0 Å². The topological polar surface area (TPSA) is 12.5 Å². The van der Waals surface area contributed by atoms with Gasteiger partial charge in [-0.05, 0) is 26.7 Å². The number of hydrogen-bond donors (Lipinski definition) is 0. The number of ether oxygens (including phenoxy) is 1. The maximum atomic E-state index is 5.71. The van der Waals surface area contributed by atoms with Crippen LogP contribution in [0.25, 0.3) is 0 Å². The largest absolute Gasteiger partial charge is 0.359 e. The number of rotatable bonds is 0. The molecule has 0 N–H and O–H groups in total. The third-order valence-corrected chi connectivity index (χ3v) is 3.02. The molecule has 1 atom stereocenters. The van der Waals surface area contributed by atoms with Crippen LogP contribution in [-0.4, -0.2) is 29.8 Å². The fraction of sp³-hybridized carbons (Fsp3) is 1.00. The lowest BCUT2D eigenvalue weighted by atomic mass is 9.91. The van der Waals surface area contributed by atoms with Crippen LogP contribution in [0.2, 0.25) is 0 Å². The van der Waals surface area contributed by atoms with Gasteiger partial charge >= 0.3 is 0 Å². The second-order valence-electron chi connectivity index (χ2n) is 4.20. The van der Waals surface area contributed by atoms with Crippen molar-refractivity contribution in [1.29, 1.82) is 0 Å². The molecule has 2 saturated heterocycles. The molecule has 2 rings (SSSR count). The van der Waals surface area contributed by atoms with E-state index in [9.17, 15) is 0 Å². The molecule has 11 heavy (non-hydrogen) atoms. The highest BCUT2D eigenvalue weighted by atomic mass is 16.5. The highest BCUT2D eigenvalue weighted by Crippen LogP contribution is 2.33. The maximum Gasteiger partial charge on any atom is 0.100 e. The zero-order valence-corrected chi connectivity index (χ0v) is 7.47. The highest BCUT2D eigenvalue weighted by Gasteiger charge is 2.42. The van der Waals surface area contributed by atoms with Gasteiger partial charge < -0.3 is 4.74 Å². The third-order valence-electron chi connectivity index (χ3n) is 3.02. The van der Waals surface area contributed by atoms with Gasteiger partial charge in [-0.25, -0.2) is 0 Å². The molecule has 2 nitrogen and oxygen atoms in total. The van der Waals surface area contributed by atoms with Crippen LogP contribution in [0, 0.1) is 0 Å². The molecule has 64 valence electrons. The summed E-state index contributed by atoms with van der Waals surface area (Å²) in [6, 6.07) is 0.691. The van der Waals surface area contributed by atoms with Gasteiger partial charge in [-0.3, -0.25) is 4.90 Å². The lowest BCUT2D eigenvalue weighted by Gasteiger charge is -2.33. The minimum absolute atomic E-state index is 0.112. The fourth-order valence-corrected chi connectivity index (χ4v) is 2.28. The Morgan fingerprint density at radius 3 is 2.91 bits per heavy atom. The zero-order chi connectivity index (χ0) is 7.90. The molecule has 2 fully saturated rings. The number of piperidine rings is 1. The predicted molar refractivity (Wildman–Crippen MR) is 44.4 cm³/mol. The van der Waals surface area contributed by atoms with Crippen molar-refractivity contribution in [3.63, 3.8) is 0 Å². The predicted octanol–water partition coefficient (Wildman–Crippen LogP) is 1.61. The normalized spacial score (nSPS) is 37.1. The van der Waals surface area contributed by atoms with E-state index in [0.717, 1.165) is 6.73 Å². The third kappa shape index (κ3) is 1.18. The standard InChI is InChI=1S/C9H17NO/c1-9(2)8-5-3-4-6-10(8)7-11-9/h8H,3-7H2,1-2H3. The average molecular weight is 155 g/mol. The van der Waals surface area contributed by atoms with Crippen LogP contribution < -0.4 is 0 Å². The quantitative estimate of drug-likeness (QED) is 0.527. The molecule has 2 heteroatoms. The Kier molecular flexibility index (Phi) is 1.69. The summed E-state index contributed by atoms with van der Waals surface area (Å²) in [6.45, 7) is 6.53. The van der Waals surface area contributed by atoms with E-state index in [0.29, 0.717) is 6.04 Å². The molecule has 0 radical (unpaired) electrons. The summed E-state index contributed by atoms with van der Waals surface area (Å²) in [5, 5.41) is 0. The van der Waals surface area contributed by atoms with E-state index < -0.39 is 0 Å². The molecule has 0 aliphatic carbocycles. The van der Waals surface area contributed by atoms with Crippen molar-refractivity contribution in [1.82, 2.24) is 4.90 Å². The molecule has 0 amide bonds. The zero-order valence-electron chi connectivity index (χ0n) is 7.47. The molecule has 0 aromatic heterocycles. The summed E-state index contributed by atoms with van der Waals surface area (Å²) in [5.74, 6) is 0. The van der Waals surface area contributed by atoms with Crippen LogP contribution in [0.15, 0.2) is 0 Å². The van der Waals surface area contributed by atoms with E-state index in [4.69, 9.17) is 4.74 Å². The lowest BCUT2D eigenvalue weighted by molar-refractivity contribution is 0.0244. The molecule has 0 aromatic carbocycles. The highest BCUT2D eigenvalue weighted by molar-refractivity contribution is 4.93. The average Bonchev–Trinajstić information content (AvgIpc) is 2.29. The minimum Gasteiger partial charge on any atom is -0.359 e. The molecule has 0 saturated carbocycles. The number of nitrogens with zero attached hydrogens (tertiary/aromatic N) is 1. The summed E-state index contributed by atoms with van der Waals surface area (Å²) in [4.78, 5) is 2.48. The van der Waals surface area contributed by atoms with Crippen LogP contribution in [0.1, 0.15) is 33.1 Å². The van der Waals surface area contributed by atoms with E-state index in [1.54, 1.807) is 0 Å². The molecular weight excluding hydrogens is 138 g/mol. The van der Waals surface area contributed by atoms with Gasteiger partial charge in [0, 0.05) is 12.6 Å². The van der Waals surface area contributed by atoms with Crippen LogP contribution in [0.4, 0.5) is 0 Å². The lowest BCUT2D eigenvalue weighted by Crippen LogP contribution is -2.43. The Morgan fingerprint density at radius 1 is 1.36 bits per heavy atom.